The molecule has 0 aromatic heterocycles. The molecule has 1 rings (SSSR count). The molecule has 0 saturated heterocycles. The predicted octanol–water partition coefficient (Wildman–Crippen LogP) is 3.04. The number of nitrogens with one attached hydrogen (secondary N) is 1. The van der Waals surface area contributed by atoms with Gasteiger partial charge in [0.15, 0.2) is 0 Å². The van der Waals surface area contributed by atoms with Crippen molar-refractivity contribution in [3.63, 3.8) is 0 Å². The first-order valence-corrected chi connectivity index (χ1v) is 6.45. The zero-order valence-electron chi connectivity index (χ0n) is 12.3. The van der Waals surface area contributed by atoms with Gasteiger partial charge in [-0.2, -0.15) is 0 Å². The number of carbonyl (C=O) groups is 1. The number of rotatable bonds is 5. The Kier molecular flexibility index (Phi) is 5.36. The number of amides is 1. The minimum Gasteiger partial charge on any atom is -0.488 e. The molecule has 1 amide bonds. The Labute approximate surface area is 115 Å². The molecule has 0 fully saturated rings. The highest BCUT2D eigenvalue weighted by Crippen LogP contribution is 2.23. The Hall–Kier alpha value is -1.55. The van der Waals surface area contributed by atoms with Gasteiger partial charge >= 0.3 is 0 Å². The molecule has 0 aliphatic heterocycles. The second kappa shape index (κ2) is 6.57. The van der Waals surface area contributed by atoms with Crippen LogP contribution in [0.3, 0.4) is 0 Å². The Balaban J connectivity index is 2.62. The Morgan fingerprint density at radius 3 is 2.63 bits per heavy atom. The third-order valence-electron chi connectivity index (χ3n) is 2.40. The molecule has 106 valence electrons. The second-order valence-electron chi connectivity index (χ2n) is 5.66. The van der Waals surface area contributed by atoms with E-state index in [4.69, 9.17) is 9.57 Å². The van der Waals surface area contributed by atoms with Crippen LogP contribution in [-0.2, 0) is 9.63 Å². The van der Waals surface area contributed by atoms with Crippen LogP contribution in [-0.4, -0.2) is 18.1 Å². The molecule has 1 unspecified atom stereocenters. The number of hydroxylamine groups is 1. The molecule has 0 spiro atoms. The van der Waals surface area contributed by atoms with E-state index in [9.17, 15) is 4.79 Å². The molecule has 0 bridgehead atoms. The monoisotopic (exact) mass is 265 g/mol. The smallest absolute Gasteiger partial charge is 0.240 e. The van der Waals surface area contributed by atoms with Crippen molar-refractivity contribution in [3.05, 3.63) is 29.8 Å². The Morgan fingerprint density at radius 2 is 2.05 bits per heavy atom. The lowest BCUT2D eigenvalue weighted by atomic mass is 10.0. The fourth-order valence-corrected chi connectivity index (χ4v) is 1.60. The van der Waals surface area contributed by atoms with E-state index >= 15 is 0 Å². The van der Waals surface area contributed by atoms with Gasteiger partial charge in [-0.25, -0.2) is 5.48 Å². The molecular formula is C15H23NO3. The first-order valence-electron chi connectivity index (χ1n) is 6.45. The number of ether oxygens (including phenoxy) is 1. The summed E-state index contributed by atoms with van der Waals surface area (Å²) in [5, 5.41) is 0. The minimum absolute atomic E-state index is 0.176. The number of hydrogen-bond acceptors (Lipinski definition) is 3. The van der Waals surface area contributed by atoms with Gasteiger partial charge in [0.05, 0.1) is 6.61 Å². The molecule has 19 heavy (non-hydrogen) atoms. The average molecular weight is 265 g/mol. The van der Waals surface area contributed by atoms with Gasteiger partial charge in [-0.05, 0) is 38.5 Å². The molecular weight excluding hydrogens is 242 g/mol. The van der Waals surface area contributed by atoms with Crippen molar-refractivity contribution in [2.75, 3.05) is 6.61 Å². The predicted molar refractivity (Wildman–Crippen MR) is 75.0 cm³/mol. The fourth-order valence-electron chi connectivity index (χ4n) is 1.60. The highest BCUT2D eigenvalue weighted by molar-refractivity contribution is 5.71. The summed E-state index contributed by atoms with van der Waals surface area (Å²) in [4.78, 5) is 15.8. The van der Waals surface area contributed by atoms with Gasteiger partial charge in [-0.3, -0.25) is 9.63 Å². The quantitative estimate of drug-likeness (QED) is 0.832. The summed E-state index contributed by atoms with van der Waals surface area (Å²) in [5.74, 6) is 0.823. The standard InChI is InChI=1S/C15H23NO3/c1-11(10-18-16-12(2)17)13-7-6-8-14(9-13)19-15(3,4)5/h6-9,11H,10H2,1-5H3,(H,16,17). The number of hydrogen-bond donors (Lipinski definition) is 1. The zero-order valence-corrected chi connectivity index (χ0v) is 12.3. The normalized spacial score (nSPS) is 12.9. The van der Waals surface area contributed by atoms with Crippen LogP contribution >= 0.6 is 0 Å². The zero-order chi connectivity index (χ0) is 14.5. The molecule has 1 aromatic rings. The maximum atomic E-state index is 10.7. The molecule has 4 heteroatoms. The van der Waals surface area contributed by atoms with Crippen LogP contribution in [0.5, 0.6) is 5.75 Å². The topological polar surface area (TPSA) is 47.6 Å². The molecule has 1 aromatic carbocycles. The van der Waals surface area contributed by atoms with E-state index in [2.05, 4.69) is 5.48 Å². The van der Waals surface area contributed by atoms with E-state index in [-0.39, 0.29) is 17.4 Å². The van der Waals surface area contributed by atoms with Gasteiger partial charge in [0.1, 0.15) is 11.4 Å². The number of benzene rings is 1. The number of carbonyl (C=O) groups excluding carboxylic acids is 1. The summed E-state index contributed by atoms with van der Waals surface area (Å²) < 4.78 is 5.82. The van der Waals surface area contributed by atoms with Crippen LogP contribution in [0.2, 0.25) is 0 Å². The van der Waals surface area contributed by atoms with Gasteiger partial charge in [-0.15, -0.1) is 0 Å². The first kappa shape index (κ1) is 15.5. The molecule has 0 aliphatic rings. The van der Waals surface area contributed by atoms with E-state index < -0.39 is 0 Å². The van der Waals surface area contributed by atoms with Crippen LogP contribution in [0.4, 0.5) is 0 Å². The lowest BCUT2D eigenvalue weighted by molar-refractivity contribution is -0.131. The fraction of sp³-hybridized carbons (Fsp3) is 0.533. The molecule has 0 saturated carbocycles. The van der Waals surface area contributed by atoms with Crippen molar-refractivity contribution in [3.8, 4) is 5.75 Å². The van der Waals surface area contributed by atoms with Gasteiger partial charge in [-0.1, -0.05) is 19.1 Å². The minimum atomic E-state index is -0.214. The maximum absolute atomic E-state index is 10.7. The molecule has 1 N–H and O–H groups in total. The third kappa shape index (κ3) is 6.25. The van der Waals surface area contributed by atoms with Gasteiger partial charge in [0, 0.05) is 12.8 Å². The van der Waals surface area contributed by atoms with Crippen LogP contribution in [0.1, 0.15) is 46.1 Å². The summed E-state index contributed by atoms with van der Waals surface area (Å²) in [7, 11) is 0. The maximum Gasteiger partial charge on any atom is 0.240 e. The van der Waals surface area contributed by atoms with E-state index in [1.54, 1.807) is 0 Å². The second-order valence-corrected chi connectivity index (χ2v) is 5.66. The molecule has 0 radical (unpaired) electrons. The lowest BCUT2D eigenvalue weighted by Gasteiger charge is -2.22. The summed E-state index contributed by atoms with van der Waals surface area (Å²) in [6.07, 6.45) is 0. The SMILES string of the molecule is CC(=O)NOCC(C)c1cccc(OC(C)(C)C)c1. The van der Waals surface area contributed by atoms with Crippen molar-refractivity contribution >= 4 is 5.91 Å². The van der Waals surface area contributed by atoms with Crippen molar-refractivity contribution in [2.45, 2.75) is 46.1 Å². The van der Waals surface area contributed by atoms with E-state index in [0.717, 1.165) is 11.3 Å². The van der Waals surface area contributed by atoms with E-state index in [0.29, 0.717) is 6.61 Å². The van der Waals surface area contributed by atoms with Gasteiger partial charge in [0.2, 0.25) is 5.91 Å². The van der Waals surface area contributed by atoms with Crippen LogP contribution in [0.25, 0.3) is 0 Å². The molecule has 4 nitrogen and oxygen atoms in total. The highest BCUT2D eigenvalue weighted by Gasteiger charge is 2.13. The largest absolute Gasteiger partial charge is 0.488 e. The van der Waals surface area contributed by atoms with Crippen LogP contribution in [0, 0.1) is 0 Å². The Bertz CT molecular complexity index is 424. The van der Waals surface area contributed by atoms with Crippen molar-refractivity contribution in [2.24, 2.45) is 0 Å². The average Bonchev–Trinajstić information content (AvgIpc) is 2.26. The van der Waals surface area contributed by atoms with Crippen LogP contribution < -0.4 is 10.2 Å². The van der Waals surface area contributed by atoms with Gasteiger partial charge < -0.3 is 4.74 Å². The first-order chi connectivity index (χ1) is 8.78. The van der Waals surface area contributed by atoms with Crippen molar-refractivity contribution < 1.29 is 14.4 Å². The molecule has 1 atom stereocenters. The Morgan fingerprint density at radius 1 is 1.37 bits per heavy atom. The summed E-state index contributed by atoms with van der Waals surface area (Å²) >= 11 is 0. The molecule has 0 aliphatic carbocycles. The summed E-state index contributed by atoms with van der Waals surface area (Å²) in [6, 6.07) is 7.94. The lowest BCUT2D eigenvalue weighted by Crippen LogP contribution is -2.23. The highest BCUT2D eigenvalue weighted by atomic mass is 16.6. The summed E-state index contributed by atoms with van der Waals surface area (Å²) in [6.45, 7) is 9.94. The third-order valence-corrected chi connectivity index (χ3v) is 2.40. The molecule has 0 heterocycles. The van der Waals surface area contributed by atoms with E-state index in [1.165, 1.54) is 6.92 Å². The van der Waals surface area contributed by atoms with Crippen molar-refractivity contribution in [1.82, 2.24) is 5.48 Å². The van der Waals surface area contributed by atoms with E-state index in [1.807, 2.05) is 52.0 Å². The van der Waals surface area contributed by atoms with Crippen molar-refractivity contribution in [1.29, 1.82) is 0 Å². The summed E-state index contributed by atoms with van der Waals surface area (Å²) in [5.41, 5.74) is 3.23. The van der Waals surface area contributed by atoms with Crippen LogP contribution in [0.15, 0.2) is 24.3 Å². The van der Waals surface area contributed by atoms with Gasteiger partial charge in [0.25, 0.3) is 0 Å².